The van der Waals surface area contributed by atoms with Crippen molar-refractivity contribution in [3.05, 3.63) is 71.8 Å². The van der Waals surface area contributed by atoms with Gasteiger partial charge in [0.05, 0.1) is 12.6 Å². The Morgan fingerprint density at radius 1 is 1.00 bits per heavy atom. The Kier molecular flexibility index (Phi) is 8.01. The highest BCUT2D eigenvalue weighted by molar-refractivity contribution is 7.46. The van der Waals surface area contributed by atoms with E-state index in [9.17, 15) is 9.36 Å². The molecule has 6 nitrogen and oxygen atoms in total. The lowest BCUT2D eigenvalue weighted by atomic mass is 10.1. The average molecular weight is 377 g/mol. The van der Waals surface area contributed by atoms with E-state index in [1.165, 1.54) is 5.56 Å². The van der Waals surface area contributed by atoms with Crippen molar-refractivity contribution in [1.29, 1.82) is 0 Å². The molecule has 0 radical (unpaired) electrons. The number of hydrogen-bond donors (Lipinski definition) is 3. The van der Waals surface area contributed by atoms with Crippen LogP contribution in [-0.4, -0.2) is 22.3 Å². The van der Waals surface area contributed by atoms with E-state index >= 15 is 0 Å². The van der Waals surface area contributed by atoms with Gasteiger partial charge in [0.25, 0.3) is 0 Å². The second-order valence-corrected chi connectivity index (χ2v) is 7.25. The Morgan fingerprint density at radius 3 is 2.23 bits per heavy atom. The van der Waals surface area contributed by atoms with Crippen molar-refractivity contribution < 1.29 is 23.7 Å². The van der Waals surface area contributed by atoms with Crippen molar-refractivity contribution >= 4 is 13.7 Å². The largest absolute Gasteiger partial charge is 0.469 e. The van der Waals surface area contributed by atoms with Gasteiger partial charge < -0.3 is 15.1 Å². The maximum atomic E-state index is 12.2. The van der Waals surface area contributed by atoms with E-state index in [1.54, 1.807) is 24.3 Å². The highest BCUT2D eigenvalue weighted by atomic mass is 31.2. The van der Waals surface area contributed by atoms with Gasteiger partial charge in [-0.3, -0.25) is 9.32 Å². The summed E-state index contributed by atoms with van der Waals surface area (Å²) in [5.41, 5.74) is 1.98. The van der Waals surface area contributed by atoms with Gasteiger partial charge in [-0.2, -0.15) is 0 Å². The van der Waals surface area contributed by atoms with Crippen LogP contribution in [-0.2, 0) is 20.3 Å². The number of carbonyl (C=O) groups excluding carboxylic acids is 1. The molecule has 0 bridgehead atoms. The monoisotopic (exact) mass is 377 g/mol. The molecule has 0 fully saturated rings. The molecule has 0 aromatic heterocycles. The number of amides is 1. The van der Waals surface area contributed by atoms with Gasteiger partial charge in [-0.15, -0.1) is 0 Å². The summed E-state index contributed by atoms with van der Waals surface area (Å²) in [6.07, 6.45) is 2.90. The molecule has 2 rings (SSSR count). The Labute approximate surface area is 153 Å². The number of benzene rings is 2. The molecule has 2 aromatic rings. The van der Waals surface area contributed by atoms with Crippen LogP contribution in [0.25, 0.3) is 0 Å². The molecule has 3 N–H and O–H groups in total. The van der Waals surface area contributed by atoms with Crippen molar-refractivity contribution in [2.45, 2.75) is 31.7 Å². The van der Waals surface area contributed by atoms with Crippen LogP contribution in [0.5, 0.6) is 0 Å². The highest BCUT2D eigenvalue weighted by Crippen LogP contribution is 2.37. The van der Waals surface area contributed by atoms with Crippen molar-refractivity contribution in [3.8, 4) is 0 Å². The van der Waals surface area contributed by atoms with Crippen LogP contribution in [0.4, 0.5) is 0 Å². The fourth-order valence-electron chi connectivity index (χ4n) is 2.60. The topological polar surface area (TPSA) is 95.9 Å². The predicted octanol–water partition coefficient (Wildman–Crippen LogP) is 3.37. The Morgan fingerprint density at radius 2 is 1.62 bits per heavy atom. The zero-order valence-corrected chi connectivity index (χ0v) is 15.3. The van der Waals surface area contributed by atoms with E-state index in [4.69, 9.17) is 9.79 Å². The molecule has 0 aliphatic carbocycles. The summed E-state index contributed by atoms with van der Waals surface area (Å²) in [5.74, 6) is -0.166. The molecule has 0 aliphatic heterocycles. The van der Waals surface area contributed by atoms with Crippen LogP contribution in [0.1, 0.15) is 36.4 Å². The van der Waals surface area contributed by atoms with Crippen molar-refractivity contribution in [2.24, 2.45) is 0 Å². The molecule has 1 amide bonds. The molecule has 0 saturated carbocycles. The molecule has 2 aromatic carbocycles. The van der Waals surface area contributed by atoms with Gasteiger partial charge in [0, 0.05) is 6.42 Å². The standard InChI is InChI=1S/C19H24NO5P/c21-19(14-8-7-11-16-9-3-1-4-10-16)20-18(15-25-26(22,23)24)17-12-5-2-6-13-17/h1-6,9-10,12-13,18H,7-8,11,14-15H2,(H,20,21)(H2,22,23,24)/t18-/m0/s1. The minimum Gasteiger partial charge on any atom is -0.347 e. The minimum absolute atomic E-state index is 0.166. The van der Waals surface area contributed by atoms with Crippen molar-refractivity contribution in [3.63, 3.8) is 0 Å². The van der Waals surface area contributed by atoms with Crippen LogP contribution in [0, 0.1) is 0 Å². The van der Waals surface area contributed by atoms with E-state index in [0.29, 0.717) is 6.42 Å². The molecule has 0 unspecified atom stereocenters. The first kappa shape index (κ1) is 20.3. The van der Waals surface area contributed by atoms with Crippen LogP contribution in [0.15, 0.2) is 60.7 Å². The zero-order chi connectivity index (χ0) is 18.8. The normalized spacial score (nSPS) is 12.5. The second-order valence-electron chi connectivity index (χ2n) is 6.01. The summed E-state index contributed by atoms with van der Waals surface area (Å²) in [6, 6.07) is 18.5. The lowest BCUT2D eigenvalue weighted by molar-refractivity contribution is -0.122. The van der Waals surface area contributed by atoms with Crippen molar-refractivity contribution in [2.75, 3.05) is 6.61 Å². The van der Waals surface area contributed by atoms with Crippen LogP contribution in [0.2, 0.25) is 0 Å². The summed E-state index contributed by atoms with van der Waals surface area (Å²) in [7, 11) is -4.59. The third-order valence-corrected chi connectivity index (χ3v) is 4.39. The van der Waals surface area contributed by atoms with Gasteiger partial charge in [0.15, 0.2) is 0 Å². The number of aryl methyl sites for hydroxylation is 1. The lowest BCUT2D eigenvalue weighted by Crippen LogP contribution is -2.31. The smallest absolute Gasteiger partial charge is 0.347 e. The fraction of sp³-hybridized carbons (Fsp3) is 0.316. The first-order chi connectivity index (χ1) is 12.4. The summed E-state index contributed by atoms with van der Waals surface area (Å²) < 4.78 is 15.5. The number of nitrogens with one attached hydrogen (secondary N) is 1. The third kappa shape index (κ3) is 7.93. The average Bonchev–Trinajstić information content (AvgIpc) is 2.63. The van der Waals surface area contributed by atoms with Crippen molar-refractivity contribution in [1.82, 2.24) is 5.32 Å². The number of hydrogen-bond acceptors (Lipinski definition) is 3. The van der Waals surface area contributed by atoms with Gasteiger partial charge in [-0.05, 0) is 30.4 Å². The summed E-state index contributed by atoms with van der Waals surface area (Å²) in [4.78, 5) is 30.0. The highest BCUT2D eigenvalue weighted by Gasteiger charge is 2.20. The van der Waals surface area contributed by atoms with Crippen LogP contribution >= 0.6 is 7.82 Å². The van der Waals surface area contributed by atoms with Gasteiger partial charge in [-0.25, -0.2) is 4.57 Å². The van der Waals surface area contributed by atoms with Crippen LogP contribution < -0.4 is 5.32 Å². The van der Waals surface area contributed by atoms with Gasteiger partial charge >= 0.3 is 7.82 Å². The number of phosphoric ester groups is 1. The first-order valence-electron chi connectivity index (χ1n) is 8.52. The molecule has 0 aliphatic rings. The summed E-state index contributed by atoms with van der Waals surface area (Å²) >= 11 is 0. The summed E-state index contributed by atoms with van der Waals surface area (Å²) in [6.45, 7) is -0.288. The SMILES string of the molecule is O=C(CCCCc1ccccc1)N[C@@H](COP(=O)(O)O)c1ccccc1. The first-order valence-corrected chi connectivity index (χ1v) is 10.1. The quantitative estimate of drug-likeness (QED) is 0.436. The number of rotatable bonds is 10. The van der Waals surface area contributed by atoms with E-state index < -0.39 is 13.9 Å². The molecular formula is C19H24NO5P. The summed E-state index contributed by atoms with van der Waals surface area (Å²) in [5, 5.41) is 2.80. The van der Waals surface area contributed by atoms with E-state index in [2.05, 4.69) is 22.0 Å². The van der Waals surface area contributed by atoms with E-state index in [1.807, 2.05) is 24.3 Å². The molecule has 0 heterocycles. The number of unbranched alkanes of at least 4 members (excludes halogenated alkanes) is 1. The molecule has 26 heavy (non-hydrogen) atoms. The second kappa shape index (κ2) is 10.2. The molecule has 1 atom stereocenters. The van der Waals surface area contributed by atoms with Gasteiger partial charge in [0.1, 0.15) is 0 Å². The molecule has 7 heteroatoms. The van der Waals surface area contributed by atoms with E-state index in [0.717, 1.165) is 24.8 Å². The minimum atomic E-state index is -4.59. The maximum Gasteiger partial charge on any atom is 0.469 e. The predicted molar refractivity (Wildman–Crippen MR) is 99.3 cm³/mol. The Bertz CT molecular complexity index is 717. The fourth-order valence-corrected chi connectivity index (χ4v) is 2.95. The third-order valence-electron chi connectivity index (χ3n) is 3.91. The van der Waals surface area contributed by atoms with E-state index in [-0.39, 0.29) is 12.5 Å². The Hall–Kier alpha value is -1.98. The maximum absolute atomic E-state index is 12.2. The Balaban J connectivity index is 1.82. The number of carbonyl (C=O) groups is 1. The van der Waals surface area contributed by atoms with Gasteiger partial charge in [0.2, 0.25) is 5.91 Å². The molecule has 140 valence electrons. The zero-order valence-electron chi connectivity index (χ0n) is 14.5. The number of phosphoric acid groups is 1. The molecular weight excluding hydrogens is 353 g/mol. The molecule has 0 spiro atoms. The molecule has 0 saturated heterocycles. The van der Waals surface area contributed by atoms with Gasteiger partial charge in [-0.1, -0.05) is 60.7 Å². The lowest BCUT2D eigenvalue weighted by Gasteiger charge is -2.19. The van der Waals surface area contributed by atoms with Crippen LogP contribution in [0.3, 0.4) is 0 Å².